The monoisotopic (exact) mass is 364 g/mol. The molecule has 0 saturated carbocycles. The quantitative estimate of drug-likeness (QED) is 0.799. The van der Waals surface area contributed by atoms with Gasteiger partial charge in [-0.1, -0.05) is 64.4 Å². The van der Waals surface area contributed by atoms with Crippen LogP contribution >= 0.6 is 0 Å². The minimum absolute atomic E-state index is 0.0544. The lowest BCUT2D eigenvalue weighted by molar-refractivity contribution is -0.122. The van der Waals surface area contributed by atoms with Crippen LogP contribution in [0.3, 0.4) is 0 Å². The maximum Gasteiger partial charge on any atom is 0.255 e. The van der Waals surface area contributed by atoms with Gasteiger partial charge in [-0.25, -0.2) is 0 Å². The Bertz CT molecular complexity index is 827. The molecule has 0 aliphatic carbocycles. The fraction of sp³-hybridized carbons (Fsp3) is 0.391. The summed E-state index contributed by atoms with van der Waals surface area (Å²) in [6.45, 7) is 8.86. The second kappa shape index (κ2) is 7.95. The zero-order chi connectivity index (χ0) is 19.6. The lowest BCUT2D eigenvalue weighted by Gasteiger charge is -2.31. The highest BCUT2D eigenvalue weighted by Gasteiger charge is 2.38. The minimum atomic E-state index is -0.486. The van der Waals surface area contributed by atoms with E-state index < -0.39 is 6.04 Å². The molecule has 0 saturated heterocycles. The largest absolute Gasteiger partial charge is 0.324 e. The summed E-state index contributed by atoms with van der Waals surface area (Å²) in [4.78, 5) is 27.7. The molecule has 1 aliphatic rings. The molecular formula is C23H28N2O2. The summed E-state index contributed by atoms with van der Waals surface area (Å²) in [5.41, 5.74) is 3.70. The number of nitrogens with zero attached hydrogens (tertiary/aromatic N) is 1. The molecule has 0 spiro atoms. The topological polar surface area (TPSA) is 49.4 Å². The molecule has 2 aromatic rings. The number of fused-ring (bicyclic) bond motifs is 1. The molecule has 0 aromatic heterocycles. The Morgan fingerprint density at radius 1 is 1.07 bits per heavy atom. The van der Waals surface area contributed by atoms with Crippen LogP contribution in [-0.4, -0.2) is 22.8 Å². The smallest absolute Gasteiger partial charge is 0.255 e. The van der Waals surface area contributed by atoms with Crippen molar-refractivity contribution in [3.05, 3.63) is 65.2 Å². The van der Waals surface area contributed by atoms with Crippen LogP contribution in [0.1, 0.15) is 61.5 Å². The van der Waals surface area contributed by atoms with Gasteiger partial charge in [-0.05, 0) is 41.2 Å². The van der Waals surface area contributed by atoms with Crippen molar-refractivity contribution in [3.63, 3.8) is 0 Å². The number of benzene rings is 2. The molecule has 0 radical (unpaired) electrons. The number of carbonyl (C=O) groups excluding carboxylic acids is 2. The number of nitrogens with one attached hydrogen (secondary N) is 1. The van der Waals surface area contributed by atoms with E-state index in [2.05, 4.69) is 26.1 Å². The maximum absolute atomic E-state index is 13.1. The van der Waals surface area contributed by atoms with Crippen LogP contribution in [0.2, 0.25) is 0 Å². The molecule has 142 valence electrons. The summed E-state index contributed by atoms with van der Waals surface area (Å²) in [7, 11) is 0. The van der Waals surface area contributed by atoms with Crippen LogP contribution in [0.4, 0.5) is 5.69 Å². The number of carbonyl (C=O) groups is 2. The van der Waals surface area contributed by atoms with E-state index in [4.69, 9.17) is 0 Å². The van der Waals surface area contributed by atoms with E-state index in [0.717, 1.165) is 17.7 Å². The second-order valence-electron chi connectivity index (χ2n) is 7.69. The molecule has 0 unspecified atom stereocenters. The molecule has 0 fully saturated rings. The van der Waals surface area contributed by atoms with Crippen molar-refractivity contribution in [2.24, 2.45) is 5.92 Å². The van der Waals surface area contributed by atoms with Gasteiger partial charge in [-0.3, -0.25) is 9.59 Å². The third-order valence-corrected chi connectivity index (χ3v) is 5.48. The van der Waals surface area contributed by atoms with E-state index >= 15 is 0 Å². The Morgan fingerprint density at radius 2 is 1.74 bits per heavy atom. The predicted octanol–water partition coefficient (Wildman–Crippen LogP) is 4.82. The average Bonchev–Trinajstić information content (AvgIpc) is 2.99. The first-order valence-corrected chi connectivity index (χ1v) is 9.72. The summed E-state index contributed by atoms with van der Waals surface area (Å²) in [5, 5.41) is 3.01. The maximum atomic E-state index is 13.1. The molecule has 1 aliphatic heterocycles. The van der Waals surface area contributed by atoms with Gasteiger partial charge in [-0.15, -0.1) is 0 Å². The normalized spacial score (nSPS) is 15.6. The Hall–Kier alpha value is -2.62. The number of anilines is 1. The molecule has 2 aromatic carbocycles. The standard InChI is InChI=1S/C23H28N2O2/c1-5-16(4)21(25-14-18-8-6-7-9-20(18)23(25)27)22(26)24-19-12-10-17(11-13-19)15(2)3/h6-13,15-16,21H,5,14H2,1-4H3,(H,24,26)/t16-,21+/m1/s1. The van der Waals surface area contributed by atoms with Gasteiger partial charge >= 0.3 is 0 Å². The third kappa shape index (κ3) is 3.90. The fourth-order valence-electron chi connectivity index (χ4n) is 3.60. The summed E-state index contributed by atoms with van der Waals surface area (Å²) in [6.07, 6.45) is 0.824. The molecule has 0 bridgehead atoms. The number of amides is 2. The first kappa shape index (κ1) is 19.2. The van der Waals surface area contributed by atoms with E-state index in [0.29, 0.717) is 18.0 Å². The lowest BCUT2D eigenvalue weighted by Crippen LogP contribution is -2.48. The van der Waals surface area contributed by atoms with E-state index in [-0.39, 0.29) is 17.7 Å². The SMILES string of the molecule is CC[C@@H](C)[C@@H](C(=O)Nc1ccc(C(C)C)cc1)N1Cc2ccccc2C1=O. The molecule has 3 rings (SSSR count). The molecule has 4 heteroatoms. The molecule has 2 atom stereocenters. The second-order valence-corrected chi connectivity index (χ2v) is 7.69. The fourth-order valence-corrected chi connectivity index (χ4v) is 3.60. The summed E-state index contributed by atoms with van der Waals surface area (Å²) in [6, 6.07) is 15.1. The van der Waals surface area contributed by atoms with Gasteiger partial charge in [0.15, 0.2) is 0 Å². The molecule has 27 heavy (non-hydrogen) atoms. The van der Waals surface area contributed by atoms with Gasteiger partial charge in [0.1, 0.15) is 6.04 Å². The molecule has 2 amide bonds. The summed E-state index contributed by atoms with van der Waals surface area (Å²) in [5.74, 6) is 0.338. The van der Waals surface area contributed by atoms with Crippen LogP contribution in [0, 0.1) is 5.92 Å². The summed E-state index contributed by atoms with van der Waals surface area (Å²) < 4.78 is 0. The van der Waals surface area contributed by atoms with Gasteiger partial charge in [0.2, 0.25) is 5.91 Å². The van der Waals surface area contributed by atoms with Crippen LogP contribution in [0.5, 0.6) is 0 Å². The van der Waals surface area contributed by atoms with Crippen molar-refractivity contribution < 1.29 is 9.59 Å². The van der Waals surface area contributed by atoms with Crippen molar-refractivity contribution in [2.45, 2.75) is 52.6 Å². The predicted molar refractivity (Wildman–Crippen MR) is 109 cm³/mol. The van der Waals surface area contributed by atoms with E-state index in [9.17, 15) is 9.59 Å². The minimum Gasteiger partial charge on any atom is -0.324 e. The van der Waals surface area contributed by atoms with Crippen molar-refractivity contribution >= 4 is 17.5 Å². The van der Waals surface area contributed by atoms with Crippen LogP contribution < -0.4 is 5.32 Å². The Labute approximate surface area is 161 Å². The Kier molecular flexibility index (Phi) is 5.64. The highest BCUT2D eigenvalue weighted by molar-refractivity contribution is 6.03. The Morgan fingerprint density at radius 3 is 2.33 bits per heavy atom. The summed E-state index contributed by atoms with van der Waals surface area (Å²) >= 11 is 0. The van der Waals surface area contributed by atoms with Gasteiger partial charge in [0.25, 0.3) is 5.91 Å². The van der Waals surface area contributed by atoms with E-state index in [1.807, 2.05) is 55.5 Å². The zero-order valence-corrected chi connectivity index (χ0v) is 16.5. The highest BCUT2D eigenvalue weighted by atomic mass is 16.2. The van der Waals surface area contributed by atoms with Crippen LogP contribution in [-0.2, 0) is 11.3 Å². The van der Waals surface area contributed by atoms with Crippen LogP contribution in [0.25, 0.3) is 0 Å². The van der Waals surface area contributed by atoms with E-state index in [1.54, 1.807) is 4.90 Å². The number of rotatable bonds is 6. The first-order valence-electron chi connectivity index (χ1n) is 9.72. The van der Waals surface area contributed by atoms with Gasteiger partial charge in [0, 0.05) is 17.8 Å². The van der Waals surface area contributed by atoms with Crippen molar-refractivity contribution in [1.82, 2.24) is 4.90 Å². The number of hydrogen-bond acceptors (Lipinski definition) is 2. The number of hydrogen-bond donors (Lipinski definition) is 1. The van der Waals surface area contributed by atoms with E-state index in [1.165, 1.54) is 5.56 Å². The lowest BCUT2D eigenvalue weighted by atomic mass is 9.96. The van der Waals surface area contributed by atoms with Crippen LogP contribution in [0.15, 0.2) is 48.5 Å². The molecule has 1 N–H and O–H groups in total. The average molecular weight is 364 g/mol. The van der Waals surface area contributed by atoms with Crippen molar-refractivity contribution in [2.75, 3.05) is 5.32 Å². The van der Waals surface area contributed by atoms with Gasteiger partial charge in [-0.2, -0.15) is 0 Å². The molecule has 1 heterocycles. The third-order valence-electron chi connectivity index (χ3n) is 5.48. The first-order chi connectivity index (χ1) is 12.9. The zero-order valence-electron chi connectivity index (χ0n) is 16.5. The molecular weight excluding hydrogens is 336 g/mol. The molecule has 4 nitrogen and oxygen atoms in total. The Balaban J connectivity index is 1.81. The van der Waals surface area contributed by atoms with Gasteiger partial charge < -0.3 is 10.2 Å². The van der Waals surface area contributed by atoms with Crippen molar-refractivity contribution in [1.29, 1.82) is 0 Å². The highest BCUT2D eigenvalue weighted by Crippen LogP contribution is 2.29. The van der Waals surface area contributed by atoms with Crippen molar-refractivity contribution in [3.8, 4) is 0 Å². The van der Waals surface area contributed by atoms with Gasteiger partial charge in [0.05, 0.1) is 0 Å².